The third-order valence-electron chi connectivity index (χ3n) is 3.35. The fraction of sp³-hybridized carbons (Fsp3) is 0.143. The molecule has 0 bridgehead atoms. The summed E-state index contributed by atoms with van der Waals surface area (Å²) in [6.07, 6.45) is 4.84. The first-order valence-corrected chi connectivity index (χ1v) is 7.82. The van der Waals surface area contributed by atoms with Crippen molar-refractivity contribution < 1.29 is 4.74 Å². The van der Waals surface area contributed by atoms with Crippen LogP contribution in [0.5, 0.6) is 0 Å². The Morgan fingerprint density at radius 2 is 2.12 bits per heavy atom. The molecule has 0 aliphatic carbocycles. The van der Waals surface area contributed by atoms with E-state index in [0.717, 1.165) is 15.9 Å². The highest BCUT2D eigenvalue weighted by molar-refractivity contribution is 7.13. The van der Waals surface area contributed by atoms with Crippen LogP contribution in [0.4, 0.5) is 0 Å². The predicted molar refractivity (Wildman–Crippen MR) is 86.4 cm³/mol. The number of pyridine rings is 1. The lowest BCUT2D eigenvalue weighted by atomic mass is 10.2. The molecular weight excluding hydrogens is 330 g/mol. The van der Waals surface area contributed by atoms with Gasteiger partial charge >= 0.3 is 5.69 Å². The Bertz CT molecular complexity index is 1050. The van der Waals surface area contributed by atoms with E-state index in [2.05, 4.69) is 25.3 Å². The zero-order chi connectivity index (χ0) is 16.5. The zero-order valence-corrected chi connectivity index (χ0v) is 13.3. The Balaban J connectivity index is 1.79. The third kappa shape index (κ3) is 2.37. The summed E-state index contributed by atoms with van der Waals surface area (Å²) >= 11 is 1.43. The number of thiazole rings is 1. The van der Waals surface area contributed by atoms with E-state index in [0.29, 0.717) is 16.3 Å². The van der Waals surface area contributed by atoms with Crippen molar-refractivity contribution in [1.29, 1.82) is 0 Å². The van der Waals surface area contributed by atoms with E-state index in [4.69, 9.17) is 4.74 Å². The first-order valence-electron chi connectivity index (χ1n) is 6.94. The van der Waals surface area contributed by atoms with Crippen LogP contribution in [0.25, 0.3) is 27.6 Å². The second kappa shape index (κ2) is 5.91. The Morgan fingerprint density at radius 3 is 2.92 bits per heavy atom. The molecule has 0 radical (unpaired) electrons. The molecule has 24 heavy (non-hydrogen) atoms. The smallest absolute Gasteiger partial charge is 0.355 e. The SMILES string of the molecule is COCn1nnc2c(-c3nc(-c4ccncc4)cs3)ncn2c1=O. The number of rotatable bonds is 4. The largest absolute Gasteiger partial charge is 0.362 e. The van der Waals surface area contributed by atoms with Crippen molar-refractivity contribution in [3.63, 3.8) is 0 Å². The van der Waals surface area contributed by atoms with Crippen molar-refractivity contribution in [2.75, 3.05) is 7.11 Å². The van der Waals surface area contributed by atoms with Gasteiger partial charge in [0.15, 0.2) is 5.65 Å². The van der Waals surface area contributed by atoms with Crippen molar-refractivity contribution in [3.8, 4) is 22.0 Å². The van der Waals surface area contributed by atoms with E-state index in [1.54, 1.807) is 12.4 Å². The van der Waals surface area contributed by atoms with Gasteiger partial charge in [-0.05, 0) is 12.1 Å². The standard InChI is InChI=1S/C14H11N7O2S/c1-23-8-21-14(22)20-7-16-11(12(20)18-19-21)13-17-10(6-24-13)9-2-4-15-5-3-9/h2-7H,8H2,1H3. The lowest BCUT2D eigenvalue weighted by Gasteiger charge is -2.01. The van der Waals surface area contributed by atoms with Gasteiger partial charge in [0.05, 0.1) is 5.69 Å². The number of methoxy groups -OCH3 is 1. The Morgan fingerprint density at radius 1 is 1.29 bits per heavy atom. The summed E-state index contributed by atoms with van der Waals surface area (Å²) in [6.45, 7) is 0.0265. The molecule has 4 aromatic heterocycles. The van der Waals surface area contributed by atoms with Gasteiger partial charge in [-0.15, -0.1) is 16.4 Å². The summed E-state index contributed by atoms with van der Waals surface area (Å²) < 4.78 is 7.35. The van der Waals surface area contributed by atoms with Crippen LogP contribution in [-0.4, -0.2) is 41.5 Å². The number of fused-ring (bicyclic) bond motifs is 1. The van der Waals surface area contributed by atoms with Crippen LogP contribution >= 0.6 is 11.3 Å². The van der Waals surface area contributed by atoms with Gasteiger partial charge in [0, 0.05) is 30.4 Å². The summed E-state index contributed by atoms with van der Waals surface area (Å²) in [6, 6.07) is 3.76. The third-order valence-corrected chi connectivity index (χ3v) is 4.20. The maximum atomic E-state index is 12.3. The number of imidazole rings is 1. The Kier molecular flexibility index (Phi) is 3.59. The monoisotopic (exact) mass is 341 g/mol. The van der Waals surface area contributed by atoms with Gasteiger partial charge in [-0.25, -0.2) is 19.2 Å². The van der Waals surface area contributed by atoms with Crippen molar-refractivity contribution in [3.05, 3.63) is 46.7 Å². The Labute approximate surface area is 139 Å². The molecule has 0 atom stereocenters. The molecule has 4 aromatic rings. The molecule has 4 rings (SSSR count). The van der Waals surface area contributed by atoms with Crippen LogP contribution in [0, 0.1) is 0 Å². The van der Waals surface area contributed by atoms with Gasteiger partial charge in [0.1, 0.15) is 23.8 Å². The van der Waals surface area contributed by atoms with E-state index < -0.39 is 0 Å². The normalized spacial score (nSPS) is 11.2. The molecule has 120 valence electrons. The minimum Gasteiger partial charge on any atom is -0.362 e. The van der Waals surface area contributed by atoms with E-state index in [-0.39, 0.29) is 12.4 Å². The van der Waals surface area contributed by atoms with Crippen LogP contribution in [-0.2, 0) is 11.5 Å². The Hall–Kier alpha value is -2.98. The van der Waals surface area contributed by atoms with Crippen LogP contribution in [0.2, 0.25) is 0 Å². The fourth-order valence-electron chi connectivity index (χ4n) is 2.23. The highest BCUT2D eigenvalue weighted by atomic mass is 32.1. The molecule has 10 heteroatoms. The van der Waals surface area contributed by atoms with E-state index in [9.17, 15) is 4.79 Å². The van der Waals surface area contributed by atoms with E-state index >= 15 is 0 Å². The van der Waals surface area contributed by atoms with Crippen molar-refractivity contribution in [2.45, 2.75) is 6.73 Å². The molecule has 0 amide bonds. The number of hydrogen-bond donors (Lipinski definition) is 0. The molecule has 4 heterocycles. The number of aromatic nitrogens is 7. The summed E-state index contributed by atoms with van der Waals surface area (Å²) in [4.78, 5) is 25.1. The number of nitrogens with zero attached hydrogens (tertiary/aromatic N) is 7. The van der Waals surface area contributed by atoms with E-state index in [1.165, 1.54) is 29.2 Å². The second-order valence-electron chi connectivity index (χ2n) is 4.85. The number of ether oxygens (including phenoxy) is 1. The van der Waals surface area contributed by atoms with Gasteiger partial charge < -0.3 is 4.74 Å². The lowest BCUT2D eigenvalue weighted by Crippen LogP contribution is -2.30. The molecule has 9 nitrogen and oxygen atoms in total. The van der Waals surface area contributed by atoms with Crippen LogP contribution < -0.4 is 5.69 Å². The molecule has 0 aromatic carbocycles. The summed E-state index contributed by atoms with van der Waals surface area (Å²) in [5, 5.41) is 10.5. The van der Waals surface area contributed by atoms with Crippen molar-refractivity contribution in [2.24, 2.45) is 0 Å². The zero-order valence-electron chi connectivity index (χ0n) is 12.5. The van der Waals surface area contributed by atoms with E-state index in [1.807, 2.05) is 17.5 Å². The minimum absolute atomic E-state index is 0.0265. The second-order valence-corrected chi connectivity index (χ2v) is 5.71. The van der Waals surface area contributed by atoms with Crippen molar-refractivity contribution in [1.82, 2.24) is 34.3 Å². The average molecular weight is 341 g/mol. The first-order chi connectivity index (χ1) is 11.8. The molecule has 0 N–H and O–H groups in total. The highest BCUT2D eigenvalue weighted by Gasteiger charge is 2.16. The van der Waals surface area contributed by atoms with Gasteiger partial charge in [-0.2, -0.15) is 4.68 Å². The first kappa shape index (κ1) is 14.6. The predicted octanol–water partition coefficient (Wildman–Crippen LogP) is 1.08. The topological polar surface area (TPSA) is 100 Å². The van der Waals surface area contributed by atoms with Crippen LogP contribution in [0.3, 0.4) is 0 Å². The van der Waals surface area contributed by atoms with Gasteiger partial charge in [0.25, 0.3) is 0 Å². The molecular formula is C14H11N7O2S. The molecule has 0 fully saturated rings. The summed E-state index contributed by atoms with van der Waals surface area (Å²) in [5.41, 5.74) is 2.30. The minimum atomic E-state index is -0.369. The molecule has 0 aliphatic rings. The van der Waals surface area contributed by atoms with Crippen molar-refractivity contribution >= 4 is 17.0 Å². The molecule has 0 unspecified atom stereocenters. The maximum Gasteiger partial charge on any atom is 0.355 e. The molecule has 0 saturated heterocycles. The van der Waals surface area contributed by atoms with Gasteiger partial charge in [0.2, 0.25) is 0 Å². The van der Waals surface area contributed by atoms with Gasteiger partial charge in [-0.3, -0.25) is 4.98 Å². The molecule has 0 saturated carbocycles. The highest BCUT2D eigenvalue weighted by Crippen LogP contribution is 2.29. The van der Waals surface area contributed by atoms with Crippen LogP contribution in [0.15, 0.2) is 41.0 Å². The quantitative estimate of drug-likeness (QED) is 0.547. The number of hydrogen-bond acceptors (Lipinski definition) is 8. The molecule has 0 aliphatic heterocycles. The average Bonchev–Trinajstić information content (AvgIpc) is 3.25. The molecule has 0 spiro atoms. The lowest BCUT2D eigenvalue weighted by molar-refractivity contribution is 0.111. The fourth-order valence-corrected chi connectivity index (χ4v) is 3.05. The van der Waals surface area contributed by atoms with Crippen LogP contribution in [0.1, 0.15) is 0 Å². The van der Waals surface area contributed by atoms with Gasteiger partial charge in [-0.1, -0.05) is 5.21 Å². The summed E-state index contributed by atoms with van der Waals surface area (Å²) in [5.74, 6) is 0. The summed E-state index contributed by atoms with van der Waals surface area (Å²) in [7, 11) is 1.48. The maximum absolute atomic E-state index is 12.3.